The molecule has 0 aromatic heterocycles. The standard InChI is InChI=1S/C16H19ClN2O2/c1-3-12-15(20)18-13(10-7-8-10)16(21)19(12)14-9(2)5-4-6-11(14)17/h4-6,10,12-13H,3,7-8H2,1-2H3,(H,18,20). The predicted molar refractivity (Wildman–Crippen MR) is 82.4 cm³/mol. The number of nitrogens with zero attached hydrogens (tertiary/aromatic N) is 1. The van der Waals surface area contributed by atoms with Gasteiger partial charge in [-0.05, 0) is 43.7 Å². The highest BCUT2D eigenvalue weighted by Gasteiger charge is 2.47. The number of anilines is 1. The van der Waals surface area contributed by atoms with Gasteiger partial charge in [0.05, 0.1) is 10.7 Å². The highest BCUT2D eigenvalue weighted by molar-refractivity contribution is 6.34. The largest absolute Gasteiger partial charge is 0.342 e. The predicted octanol–water partition coefficient (Wildman–Crippen LogP) is 2.67. The first-order valence-corrected chi connectivity index (χ1v) is 7.81. The fraction of sp³-hybridized carbons (Fsp3) is 0.500. The van der Waals surface area contributed by atoms with Crippen molar-refractivity contribution in [3.05, 3.63) is 28.8 Å². The molecule has 0 spiro atoms. The molecule has 3 rings (SSSR count). The zero-order valence-corrected chi connectivity index (χ0v) is 13.0. The molecule has 1 saturated carbocycles. The van der Waals surface area contributed by atoms with Crippen LogP contribution in [0.2, 0.25) is 5.02 Å². The van der Waals surface area contributed by atoms with Gasteiger partial charge in [0, 0.05) is 0 Å². The summed E-state index contributed by atoms with van der Waals surface area (Å²) in [5, 5.41) is 3.41. The molecule has 4 nitrogen and oxygen atoms in total. The lowest BCUT2D eigenvalue weighted by Gasteiger charge is -2.39. The lowest BCUT2D eigenvalue weighted by molar-refractivity contribution is -0.134. The number of carbonyl (C=O) groups is 2. The second-order valence-electron chi connectivity index (χ2n) is 5.86. The van der Waals surface area contributed by atoms with E-state index in [0.717, 1.165) is 18.4 Å². The highest BCUT2D eigenvalue weighted by Crippen LogP contribution is 2.39. The van der Waals surface area contributed by atoms with Crippen LogP contribution in [-0.2, 0) is 9.59 Å². The third kappa shape index (κ3) is 2.42. The maximum absolute atomic E-state index is 12.9. The lowest BCUT2D eigenvalue weighted by Crippen LogP contribution is -2.64. The minimum Gasteiger partial charge on any atom is -0.342 e. The Labute approximate surface area is 129 Å². The van der Waals surface area contributed by atoms with Crippen molar-refractivity contribution in [1.82, 2.24) is 5.32 Å². The summed E-state index contributed by atoms with van der Waals surface area (Å²) in [6.45, 7) is 3.83. The Balaban J connectivity index is 2.06. The van der Waals surface area contributed by atoms with Crippen LogP contribution < -0.4 is 10.2 Å². The van der Waals surface area contributed by atoms with Crippen molar-refractivity contribution in [1.29, 1.82) is 0 Å². The van der Waals surface area contributed by atoms with Crippen LogP contribution in [0.25, 0.3) is 0 Å². The molecule has 1 aromatic rings. The number of hydrogen-bond acceptors (Lipinski definition) is 2. The topological polar surface area (TPSA) is 49.4 Å². The average Bonchev–Trinajstić information content (AvgIpc) is 3.26. The first-order chi connectivity index (χ1) is 10.0. The van der Waals surface area contributed by atoms with Crippen molar-refractivity contribution >= 4 is 29.1 Å². The Morgan fingerprint density at radius 3 is 2.62 bits per heavy atom. The SMILES string of the molecule is CCC1C(=O)NC(C2CC2)C(=O)N1c1c(C)cccc1Cl. The number of para-hydroxylation sites is 1. The van der Waals surface area contributed by atoms with E-state index >= 15 is 0 Å². The number of piperazine rings is 1. The summed E-state index contributed by atoms with van der Waals surface area (Å²) in [6, 6.07) is 4.67. The molecule has 2 atom stereocenters. The summed E-state index contributed by atoms with van der Waals surface area (Å²) >= 11 is 6.32. The van der Waals surface area contributed by atoms with E-state index in [9.17, 15) is 9.59 Å². The summed E-state index contributed by atoms with van der Waals surface area (Å²) in [5.74, 6) is 0.179. The van der Waals surface area contributed by atoms with Gasteiger partial charge in [-0.25, -0.2) is 0 Å². The molecule has 21 heavy (non-hydrogen) atoms. The molecule has 1 aliphatic heterocycles. The van der Waals surface area contributed by atoms with E-state index in [1.165, 1.54) is 0 Å². The van der Waals surface area contributed by atoms with Crippen LogP contribution >= 0.6 is 11.6 Å². The van der Waals surface area contributed by atoms with Crippen molar-refractivity contribution in [2.24, 2.45) is 5.92 Å². The van der Waals surface area contributed by atoms with E-state index in [1.807, 2.05) is 26.0 Å². The molecule has 2 fully saturated rings. The van der Waals surface area contributed by atoms with Crippen LogP contribution in [0.5, 0.6) is 0 Å². The number of aryl methyl sites for hydroxylation is 1. The normalized spacial score (nSPS) is 26.0. The van der Waals surface area contributed by atoms with Gasteiger partial charge in [-0.1, -0.05) is 30.7 Å². The number of benzene rings is 1. The Hall–Kier alpha value is -1.55. The summed E-state index contributed by atoms with van der Waals surface area (Å²) in [6.07, 6.45) is 2.57. The molecular formula is C16H19ClN2O2. The fourth-order valence-corrected chi connectivity index (χ4v) is 3.36. The van der Waals surface area contributed by atoms with E-state index in [-0.39, 0.29) is 17.7 Å². The van der Waals surface area contributed by atoms with Crippen LogP contribution in [0.4, 0.5) is 5.69 Å². The Morgan fingerprint density at radius 1 is 1.33 bits per heavy atom. The molecule has 0 bridgehead atoms. The third-order valence-corrected chi connectivity index (χ3v) is 4.63. The van der Waals surface area contributed by atoms with Gasteiger partial charge in [0.2, 0.25) is 5.91 Å². The van der Waals surface area contributed by atoms with Crippen LogP contribution in [0.3, 0.4) is 0 Å². The first-order valence-electron chi connectivity index (χ1n) is 7.43. The number of amides is 2. The van der Waals surface area contributed by atoms with Crippen molar-refractivity contribution in [3.8, 4) is 0 Å². The molecule has 1 aliphatic carbocycles. The van der Waals surface area contributed by atoms with Gasteiger partial charge in [0.1, 0.15) is 12.1 Å². The van der Waals surface area contributed by atoms with E-state index in [0.29, 0.717) is 17.1 Å². The van der Waals surface area contributed by atoms with Gasteiger partial charge in [0.15, 0.2) is 0 Å². The summed E-state index contributed by atoms with van der Waals surface area (Å²) < 4.78 is 0. The summed E-state index contributed by atoms with van der Waals surface area (Å²) in [4.78, 5) is 26.9. The van der Waals surface area contributed by atoms with Crippen LogP contribution in [0.15, 0.2) is 18.2 Å². The van der Waals surface area contributed by atoms with Crippen LogP contribution in [-0.4, -0.2) is 23.9 Å². The minimum atomic E-state index is -0.480. The third-order valence-electron chi connectivity index (χ3n) is 4.33. The van der Waals surface area contributed by atoms with E-state index in [4.69, 9.17) is 11.6 Å². The number of rotatable bonds is 3. The Morgan fingerprint density at radius 2 is 2.05 bits per heavy atom. The Kier molecular flexibility index (Phi) is 3.66. The molecule has 5 heteroatoms. The van der Waals surface area contributed by atoms with Crippen molar-refractivity contribution in [2.45, 2.75) is 45.2 Å². The van der Waals surface area contributed by atoms with Gasteiger partial charge in [-0.15, -0.1) is 0 Å². The molecule has 112 valence electrons. The minimum absolute atomic E-state index is 0.0276. The average molecular weight is 307 g/mol. The summed E-state index contributed by atoms with van der Waals surface area (Å²) in [5.41, 5.74) is 1.59. The molecule has 1 heterocycles. The van der Waals surface area contributed by atoms with Gasteiger partial charge < -0.3 is 5.32 Å². The number of carbonyl (C=O) groups excluding carboxylic acids is 2. The number of hydrogen-bond donors (Lipinski definition) is 1. The zero-order valence-electron chi connectivity index (χ0n) is 12.2. The monoisotopic (exact) mass is 306 g/mol. The van der Waals surface area contributed by atoms with Crippen molar-refractivity contribution < 1.29 is 9.59 Å². The maximum Gasteiger partial charge on any atom is 0.250 e. The second kappa shape index (κ2) is 5.34. The Bertz CT molecular complexity index is 578. The van der Waals surface area contributed by atoms with Crippen molar-refractivity contribution in [3.63, 3.8) is 0 Å². The fourth-order valence-electron chi connectivity index (χ4n) is 3.04. The zero-order chi connectivity index (χ0) is 15.1. The molecule has 1 saturated heterocycles. The molecule has 2 unspecified atom stereocenters. The number of halogens is 1. The van der Waals surface area contributed by atoms with Gasteiger partial charge >= 0.3 is 0 Å². The first kappa shape index (κ1) is 14.4. The summed E-state index contributed by atoms with van der Waals surface area (Å²) in [7, 11) is 0. The molecule has 2 aliphatic rings. The van der Waals surface area contributed by atoms with Gasteiger partial charge in [-0.2, -0.15) is 0 Å². The maximum atomic E-state index is 12.9. The molecule has 1 aromatic carbocycles. The van der Waals surface area contributed by atoms with E-state index in [2.05, 4.69) is 5.32 Å². The van der Waals surface area contributed by atoms with Gasteiger partial charge in [-0.3, -0.25) is 14.5 Å². The van der Waals surface area contributed by atoms with E-state index in [1.54, 1.807) is 11.0 Å². The van der Waals surface area contributed by atoms with Crippen molar-refractivity contribution in [2.75, 3.05) is 4.90 Å². The molecule has 2 amide bonds. The smallest absolute Gasteiger partial charge is 0.250 e. The second-order valence-corrected chi connectivity index (χ2v) is 6.27. The molecular weight excluding hydrogens is 288 g/mol. The lowest BCUT2D eigenvalue weighted by atomic mass is 9.99. The van der Waals surface area contributed by atoms with E-state index < -0.39 is 12.1 Å². The quantitative estimate of drug-likeness (QED) is 0.933. The van der Waals surface area contributed by atoms with Crippen LogP contribution in [0, 0.1) is 12.8 Å². The number of nitrogens with one attached hydrogen (secondary N) is 1. The highest BCUT2D eigenvalue weighted by atomic mass is 35.5. The van der Waals surface area contributed by atoms with Crippen LogP contribution in [0.1, 0.15) is 31.7 Å². The molecule has 0 radical (unpaired) electrons. The van der Waals surface area contributed by atoms with Gasteiger partial charge in [0.25, 0.3) is 5.91 Å². The molecule has 1 N–H and O–H groups in total.